The zero-order valence-corrected chi connectivity index (χ0v) is 19.2. The van der Waals surface area contributed by atoms with E-state index in [2.05, 4.69) is 15.0 Å². The maximum absolute atomic E-state index is 11.4. The number of aromatic carboxylic acids is 1. The molecule has 5 rings (SSSR count). The molecule has 0 unspecified atom stereocenters. The van der Waals surface area contributed by atoms with Gasteiger partial charge in [0.25, 0.3) is 0 Å². The van der Waals surface area contributed by atoms with E-state index >= 15 is 0 Å². The minimum atomic E-state index is -1.03. The number of aromatic amines is 1. The number of nitrogens with zero attached hydrogens (tertiary/aromatic N) is 2. The Bertz CT molecular complexity index is 1580. The van der Waals surface area contributed by atoms with Gasteiger partial charge in [0.05, 0.1) is 21.8 Å². The SMILES string of the molecule is Cc1ccc(Oc2nc3nc(-c4ccc(-c5ccc(C=O)cc5)cc4)c(Cl)cc3[nH]2)cc1C(=O)O. The molecule has 0 bridgehead atoms. The summed E-state index contributed by atoms with van der Waals surface area (Å²) in [6.07, 6.45) is 0.816. The number of benzene rings is 3. The van der Waals surface area contributed by atoms with Crippen LogP contribution in [0, 0.1) is 6.92 Å². The summed E-state index contributed by atoms with van der Waals surface area (Å²) >= 11 is 6.52. The standard InChI is InChI=1S/C27H18ClN3O4/c1-15-2-11-20(12-21(15)26(33)34)35-27-29-23-13-22(28)24(30-25(23)31-27)19-9-7-18(8-10-19)17-5-3-16(14-32)4-6-17/h2-14H,1H3,(H,33,34)(H,29,30,31). The van der Waals surface area contributed by atoms with Gasteiger partial charge in [0.15, 0.2) is 5.65 Å². The van der Waals surface area contributed by atoms with Crippen molar-refractivity contribution in [1.29, 1.82) is 0 Å². The second-order valence-electron chi connectivity index (χ2n) is 7.93. The van der Waals surface area contributed by atoms with E-state index in [1.807, 2.05) is 36.4 Å². The molecule has 8 heteroatoms. The second-order valence-corrected chi connectivity index (χ2v) is 8.34. The first kappa shape index (κ1) is 22.3. The Kier molecular flexibility index (Phi) is 5.76. The summed E-state index contributed by atoms with van der Waals surface area (Å²) < 4.78 is 5.74. The number of aromatic nitrogens is 3. The van der Waals surface area contributed by atoms with Crippen LogP contribution in [0.25, 0.3) is 33.5 Å². The monoisotopic (exact) mass is 483 g/mol. The van der Waals surface area contributed by atoms with E-state index in [4.69, 9.17) is 16.3 Å². The Morgan fingerprint density at radius 1 is 0.943 bits per heavy atom. The Balaban J connectivity index is 1.43. The van der Waals surface area contributed by atoms with E-state index in [9.17, 15) is 14.7 Å². The van der Waals surface area contributed by atoms with Gasteiger partial charge in [-0.3, -0.25) is 4.79 Å². The summed E-state index contributed by atoms with van der Waals surface area (Å²) in [4.78, 5) is 34.3. The molecular weight excluding hydrogens is 466 g/mol. The molecule has 5 aromatic rings. The predicted molar refractivity (Wildman–Crippen MR) is 133 cm³/mol. The zero-order valence-electron chi connectivity index (χ0n) is 18.4. The molecule has 7 nitrogen and oxygen atoms in total. The van der Waals surface area contributed by atoms with Crippen LogP contribution in [-0.2, 0) is 0 Å². The normalized spacial score (nSPS) is 10.9. The number of carboxylic acid groups (broad SMARTS) is 1. The molecule has 0 amide bonds. The maximum atomic E-state index is 11.4. The highest BCUT2D eigenvalue weighted by Crippen LogP contribution is 2.32. The van der Waals surface area contributed by atoms with Crippen molar-refractivity contribution < 1.29 is 19.4 Å². The number of imidazole rings is 1. The summed E-state index contributed by atoms with van der Waals surface area (Å²) in [5.74, 6) is -0.685. The van der Waals surface area contributed by atoms with Crippen LogP contribution in [0.2, 0.25) is 5.02 Å². The number of fused-ring (bicyclic) bond motifs is 1. The van der Waals surface area contributed by atoms with Crippen LogP contribution >= 0.6 is 11.6 Å². The lowest BCUT2D eigenvalue weighted by molar-refractivity contribution is 0.0695. The summed E-state index contributed by atoms with van der Waals surface area (Å²) in [5, 5.41) is 9.77. The highest BCUT2D eigenvalue weighted by molar-refractivity contribution is 6.33. The first-order valence-electron chi connectivity index (χ1n) is 10.7. The molecule has 0 aliphatic carbocycles. The molecule has 0 fully saturated rings. The number of carbonyl (C=O) groups excluding carboxylic acids is 1. The number of aldehydes is 1. The van der Waals surface area contributed by atoms with Crippen LogP contribution < -0.4 is 4.74 Å². The molecule has 0 aliphatic heterocycles. The topological polar surface area (TPSA) is 105 Å². The van der Waals surface area contributed by atoms with Gasteiger partial charge in [-0.15, -0.1) is 0 Å². The first-order chi connectivity index (χ1) is 16.9. The lowest BCUT2D eigenvalue weighted by Gasteiger charge is -2.06. The average Bonchev–Trinajstić information content (AvgIpc) is 3.25. The van der Waals surface area contributed by atoms with Crippen LogP contribution in [0.3, 0.4) is 0 Å². The van der Waals surface area contributed by atoms with Crippen LogP contribution in [0.5, 0.6) is 11.8 Å². The summed E-state index contributed by atoms with van der Waals surface area (Å²) in [6.45, 7) is 1.72. The third kappa shape index (κ3) is 4.49. The predicted octanol–water partition coefficient (Wildman–Crippen LogP) is 6.56. The van der Waals surface area contributed by atoms with Crippen molar-refractivity contribution in [2.24, 2.45) is 0 Å². The number of hydrogen-bond donors (Lipinski definition) is 2. The van der Waals surface area contributed by atoms with Crippen molar-refractivity contribution in [3.63, 3.8) is 0 Å². The summed E-state index contributed by atoms with van der Waals surface area (Å²) in [6, 6.07) is 21.8. The highest BCUT2D eigenvalue weighted by atomic mass is 35.5. The molecule has 0 saturated heterocycles. The molecule has 2 aromatic heterocycles. The number of H-pyrrole nitrogens is 1. The largest absolute Gasteiger partial charge is 0.478 e. The Labute approximate surface area is 205 Å². The molecule has 35 heavy (non-hydrogen) atoms. The van der Waals surface area contributed by atoms with Gasteiger partial charge in [0.2, 0.25) is 0 Å². The number of carboxylic acids is 1. The van der Waals surface area contributed by atoms with E-state index in [1.54, 1.807) is 37.3 Å². The van der Waals surface area contributed by atoms with Gasteiger partial charge >= 0.3 is 12.0 Å². The van der Waals surface area contributed by atoms with Gasteiger partial charge in [-0.2, -0.15) is 4.98 Å². The molecule has 2 heterocycles. The zero-order chi connectivity index (χ0) is 24.5. The van der Waals surface area contributed by atoms with Crippen LogP contribution in [0.15, 0.2) is 72.8 Å². The van der Waals surface area contributed by atoms with E-state index in [1.165, 1.54) is 6.07 Å². The van der Waals surface area contributed by atoms with Crippen molar-refractivity contribution in [3.05, 3.63) is 94.5 Å². The molecule has 2 N–H and O–H groups in total. The number of rotatable bonds is 6. The van der Waals surface area contributed by atoms with Gasteiger partial charge in [0, 0.05) is 11.1 Å². The number of aryl methyl sites for hydroxylation is 1. The number of hydrogen-bond acceptors (Lipinski definition) is 5. The van der Waals surface area contributed by atoms with E-state index in [0.717, 1.165) is 23.0 Å². The van der Waals surface area contributed by atoms with Crippen LogP contribution in [0.1, 0.15) is 26.3 Å². The molecule has 3 aromatic carbocycles. The van der Waals surface area contributed by atoms with Crippen molar-refractivity contribution in [2.45, 2.75) is 6.92 Å². The third-order valence-corrected chi connectivity index (χ3v) is 5.89. The van der Waals surface area contributed by atoms with Crippen LogP contribution in [0.4, 0.5) is 0 Å². The number of carbonyl (C=O) groups is 2. The second kappa shape index (κ2) is 9.04. The smallest absolute Gasteiger partial charge is 0.336 e. The molecule has 0 atom stereocenters. The lowest BCUT2D eigenvalue weighted by atomic mass is 10.0. The summed E-state index contributed by atoms with van der Waals surface area (Å²) in [5.41, 5.74) is 5.81. The molecule has 0 radical (unpaired) electrons. The van der Waals surface area contributed by atoms with E-state index in [0.29, 0.717) is 38.8 Å². The first-order valence-corrected chi connectivity index (χ1v) is 11.0. The number of nitrogens with one attached hydrogen (secondary N) is 1. The average molecular weight is 484 g/mol. The fourth-order valence-corrected chi connectivity index (χ4v) is 3.99. The molecule has 0 saturated carbocycles. The fraction of sp³-hybridized carbons (Fsp3) is 0.0370. The number of ether oxygens (including phenoxy) is 1. The van der Waals surface area contributed by atoms with E-state index in [-0.39, 0.29) is 11.6 Å². The third-order valence-electron chi connectivity index (χ3n) is 5.60. The fourth-order valence-electron chi connectivity index (χ4n) is 3.73. The van der Waals surface area contributed by atoms with Gasteiger partial charge in [-0.1, -0.05) is 66.2 Å². The van der Waals surface area contributed by atoms with E-state index < -0.39 is 5.97 Å². The van der Waals surface area contributed by atoms with Gasteiger partial charge in [-0.05, 0) is 41.8 Å². The van der Waals surface area contributed by atoms with Gasteiger partial charge in [0.1, 0.15) is 12.0 Å². The van der Waals surface area contributed by atoms with Crippen molar-refractivity contribution in [2.75, 3.05) is 0 Å². The quantitative estimate of drug-likeness (QED) is 0.265. The van der Waals surface area contributed by atoms with Crippen molar-refractivity contribution in [1.82, 2.24) is 15.0 Å². The Hall–Kier alpha value is -4.49. The molecular formula is C27H18ClN3O4. The Morgan fingerprint density at radius 3 is 2.26 bits per heavy atom. The number of halogens is 1. The van der Waals surface area contributed by atoms with Crippen molar-refractivity contribution >= 4 is 35.0 Å². The minimum Gasteiger partial charge on any atom is -0.478 e. The van der Waals surface area contributed by atoms with Crippen molar-refractivity contribution in [3.8, 4) is 34.1 Å². The minimum absolute atomic E-state index is 0.158. The Morgan fingerprint density at radius 2 is 1.60 bits per heavy atom. The summed E-state index contributed by atoms with van der Waals surface area (Å²) in [7, 11) is 0. The molecule has 0 spiro atoms. The highest BCUT2D eigenvalue weighted by Gasteiger charge is 2.14. The number of pyridine rings is 1. The van der Waals surface area contributed by atoms with Gasteiger partial charge < -0.3 is 14.8 Å². The van der Waals surface area contributed by atoms with Gasteiger partial charge in [-0.25, -0.2) is 9.78 Å². The van der Waals surface area contributed by atoms with Crippen LogP contribution in [-0.4, -0.2) is 32.3 Å². The maximum Gasteiger partial charge on any atom is 0.336 e. The lowest BCUT2D eigenvalue weighted by Crippen LogP contribution is -2.00. The molecule has 172 valence electrons. The molecule has 0 aliphatic rings.